The van der Waals surface area contributed by atoms with Crippen molar-refractivity contribution in [3.63, 3.8) is 0 Å². The van der Waals surface area contributed by atoms with Crippen molar-refractivity contribution in [2.45, 2.75) is 0 Å². The minimum Gasteiger partial charge on any atom is -0.465 e. The predicted molar refractivity (Wildman–Crippen MR) is 79.7 cm³/mol. The van der Waals surface area contributed by atoms with E-state index >= 15 is 0 Å². The summed E-state index contributed by atoms with van der Waals surface area (Å²) in [6, 6.07) is 17.9. The Labute approximate surface area is 117 Å². The topological polar surface area (TPSA) is 31.2 Å². The second-order valence-corrected chi connectivity index (χ2v) is 4.72. The van der Waals surface area contributed by atoms with Crippen molar-refractivity contribution in [2.24, 2.45) is 7.05 Å². The van der Waals surface area contributed by atoms with Crippen LogP contribution in [0.15, 0.2) is 54.6 Å². The van der Waals surface area contributed by atoms with Crippen LogP contribution in [-0.2, 0) is 11.8 Å². The van der Waals surface area contributed by atoms with Gasteiger partial charge in [0, 0.05) is 23.6 Å². The Morgan fingerprint density at radius 2 is 1.85 bits per heavy atom. The zero-order valence-corrected chi connectivity index (χ0v) is 11.5. The average Bonchev–Trinajstić information content (AvgIpc) is 2.84. The van der Waals surface area contributed by atoms with Crippen molar-refractivity contribution in [3.05, 3.63) is 60.2 Å². The highest BCUT2D eigenvalue weighted by atomic mass is 16.5. The van der Waals surface area contributed by atoms with Gasteiger partial charge in [-0.25, -0.2) is 4.79 Å². The monoisotopic (exact) mass is 265 g/mol. The molecule has 0 spiro atoms. The largest absolute Gasteiger partial charge is 0.465 e. The van der Waals surface area contributed by atoms with Crippen molar-refractivity contribution < 1.29 is 9.53 Å². The van der Waals surface area contributed by atoms with E-state index in [0.717, 1.165) is 11.3 Å². The molecule has 0 saturated carbocycles. The van der Waals surface area contributed by atoms with Crippen molar-refractivity contribution in [1.29, 1.82) is 0 Å². The molecule has 0 atom stereocenters. The summed E-state index contributed by atoms with van der Waals surface area (Å²) in [5, 5.41) is 1.19. The SMILES string of the molecule is COC(=O)c1cccc(-c2cc3ccccc3n2C)c1. The molecule has 0 bridgehead atoms. The molecule has 3 heteroatoms. The minimum atomic E-state index is -0.314. The molecule has 0 aliphatic carbocycles. The highest BCUT2D eigenvalue weighted by molar-refractivity contribution is 5.92. The summed E-state index contributed by atoms with van der Waals surface area (Å²) in [5.74, 6) is -0.314. The molecule has 3 aromatic rings. The number of rotatable bonds is 2. The number of benzene rings is 2. The number of hydrogen-bond acceptors (Lipinski definition) is 2. The van der Waals surface area contributed by atoms with Gasteiger partial charge in [-0.05, 0) is 29.8 Å². The zero-order chi connectivity index (χ0) is 14.1. The van der Waals surface area contributed by atoms with Crippen LogP contribution < -0.4 is 0 Å². The molecule has 0 radical (unpaired) electrons. The quantitative estimate of drug-likeness (QED) is 0.662. The molecule has 0 unspecified atom stereocenters. The Kier molecular flexibility index (Phi) is 3.03. The van der Waals surface area contributed by atoms with Crippen LogP contribution in [0, 0.1) is 0 Å². The number of aryl methyl sites for hydroxylation is 1. The smallest absolute Gasteiger partial charge is 0.337 e. The van der Waals surface area contributed by atoms with Gasteiger partial charge in [-0.1, -0.05) is 30.3 Å². The van der Waals surface area contributed by atoms with E-state index in [-0.39, 0.29) is 5.97 Å². The molecule has 0 aliphatic rings. The van der Waals surface area contributed by atoms with Gasteiger partial charge in [-0.15, -0.1) is 0 Å². The minimum absolute atomic E-state index is 0.314. The number of methoxy groups -OCH3 is 1. The number of para-hydroxylation sites is 1. The molecule has 0 saturated heterocycles. The first kappa shape index (κ1) is 12.5. The Hall–Kier alpha value is -2.55. The Morgan fingerprint density at radius 1 is 1.05 bits per heavy atom. The van der Waals surface area contributed by atoms with Gasteiger partial charge in [-0.2, -0.15) is 0 Å². The maximum atomic E-state index is 11.6. The lowest BCUT2D eigenvalue weighted by atomic mass is 10.1. The lowest BCUT2D eigenvalue weighted by Crippen LogP contribution is -2.01. The highest BCUT2D eigenvalue weighted by Crippen LogP contribution is 2.27. The Morgan fingerprint density at radius 3 is 2.60 bits per heavy atom. The van der Waals surface area contributed by atoms with E-state index in [9.17, 15) is 4.79 Å². The summed E-state index contributed by atoms with van der Waals surface area (Å²) in [7, 11) is 3.42. The van der Waals surface area contributed by atoms with Crippen LogP contribution in [0.4, 0.5) is 0 Å². The van der Waals surface area contributed by atoms with E-state index in [1.54, 1.807) is 6.07 Å². The Bertz CT molecular complexity index is 787. The van der Waals surface area contributed by atoms with E-state index in [1.165, 1.54) is 18.0 Å². The normalized spacial score (nSPS) is 10.7. The van der Waals surface area contributed by atoms with E-state index in [1.807, 2.05) is 37.4 Å². The molecule has 100 valence electrons. The van der Waals surface area contributed by atoms with Crippen molar-refractivity contribution in [1.82, 2.24) is 4.57 Å². The van der Waals surface area contributed by atoms with Gasteiger partial charge >= 0.3 is 5.97 Å². The van der Waals surface area contributed by atoms with Crippen LogP contribution in [0.2, 0.25) is 0 Å². The molecule has 1 heterocycles. The molecule has 3 nitrogen and oxygen atoms in total. The van der Waals surface area contributed by atoms with Crippen LogP contribution in [-0.4, -0.2) is 17.6 Å². The van der Waals surface area contributed by atoms with E-state index < -0.39 is 0 Å². The maximum Gasteiger partial charge on any atom is 0.337 e. The predicted octanol–water partition coefficient (Wildman–Crippen LogP) is 3.63. The van der Waals surface area contributed by atoms with Crippen molar-refractivity contribution >= 4 is 16.9 Å². The molecule has 0 N–H and O–H groups in total. The third-order valence-corrected chi connectivity index (χ3v) is 3.53. The third kappa shape index (κ3) is 1.97. The number of esters is 1. The van der Waals surface area contributed by atoms with E-state index in [4.69, 9.17) is 4.74 Å². The van der Waals surface area contributed by atoms with Crippen LogP contribution in [0.3, 0.4) is 0 Å². The zero-order valence-electron chi connectivity index (χ0n) is 11.5. The molecule has 1 aromatic heterocycles. The molecule has 0 fully saturated rings. The fourth-order valence-electron chi connectivity index (χ4n) is 2.49. The summed E-state index contributed by atoms with van der Waals surface area (Å²) in [4.78, 5) is 11.6. The van der Waals surface area contributed by atoms with E-state index in [2.05, 4.69) is 22.8 Å². The number of aromatic nitrogens is 1. The second kappa shape index (κ2) is 4.85. The fraction of sp³-hybridized carbons (Fsp3) is 0.118. The Balaban J connectivity index is 2.16. The van der Waals surface area contributed by atoms with E-state index in [0.29, 0.717) is 5.56 Å². The van der Waals surface area contributed by atoms with Crippen LogP contribution in [0.1, 0.15) is 10.4 Å². The number of ether oxygens (including phenoxy) is 1. The summed E-state index contributed by atoms with van der Waals surface area (Å²) in [5.41, 5.74) is 3.82. The van der Waals surface area contributed by atoms with Gasteiger partial charge in [0.05, 0.1) is 12.7 Å². The van der Waals surface area contributed by atoms with Crippen molar-refractivity contribution in [2.75, 3.05) is 7.11 Å². The molecule has 3 rings (SSSR count). The highest BCUT2D eigenvalue weighted by Gasteiger charge is 2.10. The molecule has 0 amide bonds. The van der Waals surface area contributed by atoms with Gasteiger partial charge < -0.3 is 9.30 Å². The lowest BCUT2D eigenvalue weighted by Gasteiger charge is -2.06. The molecular formula is C17H15NO2. The summed E-state index contributed by atoms with van der Waals surface area (Å²) >= 11 is 0. The van der Waals surface area contributed by atoms with Crippen LogP contribution >= 0.6 is 0 Å². The first-order valence-electron chi connectivity index (χ1n) is 6.44. The lowest BCUT2D eigenvalue weighted by molar-refractivity contribution is 0.0601. The summed E-state index contributed by atoms with van der Waals surface area (Å²) in [6.45, 7) is 0. The average molecular weight is 265 g/mol. The molecule has 20 heavy (non-hydrogen) atoms. The number of carbonyl (C=O) groups excluding carboxylic acids is 1. The van der Waals surface area contributed by atoms with Gasteiger partial charge in [-0.3, -0.25) is 0 Å². The van der Waals surface area contributed by atoms with Crippen molar-refractivity contribution in [3.8, 4) is 11.3 Å². The first-order chi connectivity index (χ1) is 9.70. The van der Waals surface area contributed by atoms with Gasteiger partial charge in [0.25, 0.3) is 0 Å². The molecule has 2 aromatic carbocycles. The number of hydrogen-bond donors (Lipinski definition) is 0. The number of nitrogens with zero attached hydrogens (tertiary/aromatic N) is 1. The molecule has 0 aliphatic heterocycles. The van der Waals surface area contributed by atoms with Gasteiger partial charge in [0.15, 0.2) is 0 Å². The number of carbonyl (C=O) groups is 1. The third-order valence-electron chi connectivity index (χ3n) is 3.53. The fourth-order valence-corrected chi connectivity index (χ4v) is 2.49. The summed E-state index contributed by atoms with van der Waals surface area (Å²) < 4.78 is 6.90. The van der Waals surface area contributed by atoms with Crippen LogP contribution in [0.5, 0.6) is 0 Å². The summed E-state index contributed by atoms with van der Waals surface area (Å²) in [6.07, 6.45) is 0. The maximum absolute atomic E-state index is 11.6. The molecular weight excluding hydrogens is 250 g/mol. The number of fused-ring (bicyclic) bond motifs is 1. The van der Waals surface area contributed by atoms with Gasteiger partial charge in [0.2, 0.25) is 0 Å². The standard InChI is InChI=1S/C17H15NO2/c1-18-15-9-4-3-6-13(15)11-16(18)12-7-5-8-14(10-12)17(19)20-2/h3-11H,1-2H3. The first-order valence-corrected chi connectivity index (χ1v) is 6.44. The van der Waals surface area contributed by atoms with Crippen LogP contribution in [0.25, 0.3) is 22.2 Å². The van der Waals surface area contributed by atoms with Gasteiger partial charge in [0.1, 0.15) is 0 Å². The second-order valence-electron chi connectivity index (χ2n) is 4.72.